The van der Waals surface area contributed by atoms with Crippen molar-refractivity contribution >= 4 is 17.1 Å². The van der Waals surface area contributed by atoms with Gasteiger partial charge in [-0.2, -0.15) is 11.3 Å². The summed E-state index contributed by atoms with van der Waals surface area (Å²) in [7, 11) is 0. The summed E-state index contributed by atoms with van der Waals surface area (Å²) < 4.78 is 5.44. The zero-order chi connectivity index (χ0) is 12.8. The summed E-state index contributed by atoms with van der Waals surface area (Å²) in [6.45, 7) is 4.36. The van der Waals surface area contributed by atoms with Crippen LogP contribution in [-0.2, 0) is 16.0 Å². The van der Waals surface area contributed by atoms with Crippen molar-refractivity contribution in [1.29, 1.82) is 0 Å². The maximum atomic E-state index is 12.2. The zero-order valence-corrected chi connectivity index (χ0v) is 11.7. The van der Waals surface area contributed by atoms with Crippen LogP contribution in [0.5, 0.6) is 0 Å². The number of carbonyl (C=O) groups is 1. The summed E-state index contributed by atoms with van der Waals surface area (Å²) in [6.07, 6.45) is 2.58. The second kappa shape index (κ2) is 7.02. The molecule has 100 valence electrons. The molecule has 3 nitrogen and oxygen atoms in total. The highest BCUT2D eigenvalue weighted by Crippen LogP contribution is 2.18. The molecule has 4 heteroatoms. The first-order chi connectivity index (χ1) is 8.81. The van der Waals surface area contributed by atoms with E-state index in [0.717, 1.165) is 19.4 Å². The van der Waals surface area contributed by atoms with E-state index in [1.54, 1.807) is 11.3 Å². The number of carbonyl (C=O) groups excluding carboxylic acids is 1. The van der Waals surface area contributed by atoms with Crippen molar-refractivity contribution < 1.29 is 9.53 Å². The van der Waals surface area contributed by atoms with Crippen LogP contribution >= 0.6 is 11.3 Å². The van der Waals surface area contributed by atoms with Gasteiger partial charge in [0.15, 0.2) is 0 Å². The lowest BCUT2D eigenvalue weighted by Gasteiger charge is -2.17. The summed E-state index contributed by atoms with van der Waals surface area (Å²) in [5.74, 6) is 0.391. The minimum absolute atomic E-state index is 0.0511. The summed E-state index contributed by atoms with van der Waals surface area (Å²) in [4.78, 5) is 12.2. The van der Waals surface area contributed by atoms with Crippen molar-refractivity contribution in [2.24, 2.45) is 5.92 Å². The maximum Gasteiger partial charge on any atom is 0.140 e. The van der Waals surface area contributed by atoms with Crippen LogP contribution in [0.25, 0.3) is 0 Å². The Bertz CT molecular complexity index is 364. The molecule has 1 fully saturated rings. The van der Waals surface area contributed by atoms with E-state index in [0.29, 0.717) is 25.4 Å². The monoisotopic (exact) mass is 267 g/mol. The Morgan fingerprint density at radius 2 is 2.44 bits per heavy atom. The first-order valence-electron chi connectivity index (χ1n) is 6.66. The Morgan fingerprint density at radius 1 is 1.56 bits per heavy atom. The molecule has 2 heterocycles. The number of thiophene rings is 1. The van der Waals surface area contributed by atoms with Gasteiger partial charge >= 0.3 is 0 Å². The van der Waals surface area contributed by atoms with Gasteiger partial charge in [0.25, 0.3) is 0 Å². The third-order valence-corrected chi connectivity index (χ3v) is 4.12. The highest BCUT2D eigenvalue weighted by Gasteiger charge is 2.32. The zero-order valence-electron chi connectivity index (χ0n) is 10.9. The summed E-state index contributed by atoms with van der Waals surface area (Å²) >= 11 is 1.69. The van der Waals surface area contributed by atoms with E-state index >= 15 is 0 Å². The third-order valence-electron chi connectivity index (χ3n) is 3.39. The molecule has 2 rings (SSSR count). The molecular weight excluding hydrogens is 246 g/mol. The lowest BCUT2D eigenvalue weighted by atomic mass is 9.94. The number of Topliss-reactive ketones (excluding diaryl/α,β-unsaturated/α-hetero) is 1. The van der Waals surface area contributed by atoms with Gasteiger partial charge in [-0.25, -0.2) is 0 Å². The molecule has 1 aliphatic heterocycles. The van der Waals surface area contributed by atoms with Crippen LogP contribution in [0.2, 0.25) is 0 Å². The minimum Gasteiger partial charge on any atom is -0.379 e. The van der Waals surface area contributed by atoms with Gasteiger partial charge in [0.05, 0.1) is 19.1 Å². The predicted molar refractivity (Wildman–Crippen MR) is 74.0 cm³/mol. The molecule has 2 unspecified atom stereocenters. The molecule has 0 amide bonds. The van der Waals surface area contributed by atoms with Crippen LogP contribution in [0.3, 0.4) is 0 Å². The standard InChI is InChI=1S/C14H21NO2S/c1-2-6-15-13-9-17-8-12(13)14(16)4-3-11-5-7-18-10-11/h5,7,10,12-13,15H,2-4,6,8-9H2,1H3. The molecule has 1 saturated heterocycles. The molecule has 0 aliphatic carbocycles. The molecule has 0 radical (unpaired) electrons. The topological polar surface area (TPSA) is 38.3 Å². The van der Waals surface area contributed by atoms with Crippen LogP contribution in [-0.4, -0.2) is 31.6 Å². The average Bonchev–Trinajstić information content (AvgIpc) is 3.04. The molecule has 0 spiro atoms. The molecular formula is C14H21NO2S. The van der Waals surface area contributed by atoms with E-state index in [2.05, 4.69) is 29.1 Å². The van der Waals surface area contributed by atoms with Crippen molar-refractivity contribution in [3.63, 3.8) is 0 Å². The van der Waals surface area contributed by atoms with Crippen LogP contribution in [0.15, 0.2) is 16.8 Å². The Kier molecular flexibility index (Phi) is 5.35. The number of hydrogen-bond acceptors (Lipinski definition) is 4. The molecule has 1 aromatic heterocycles. The van der Waals surface area contributed by atoms with E-state index in [1.165, 1.54) is 5.56 Å². The van der Waals surface area contributed by atoms with E-state index in [9.17, 15) is 4.79 Å². The fraction of sp³-hybridized carbons (Fsp3) is 0.643. The van der Waals surface area contributed by atoms with Gasteiger partial charge in [0.1, 0.15) is 5.78 Å². The summed E-state index contributed by atoms with van der Waals surface area (Å²) in [5.41, 5.74) is 1.27. The third kappa shape index (κ3) is 3.64. The second-order valence-corrected chi connectivity index (χ2v) is 5.58. The maximum absolute atomic E-state index is 12.2. The Morgan fingerprint density at radius 3 is 3.17 bits per heavy atom. The molecule has 0 aromatic carbocycles. The lowest BCUT2D eigenvalue weighted by Crippen LogP contribution is -2.39. The summed E-state index contributed by atoms with van der Waals surface area (Å²) in [6, 6.07) is 2.32. The number of ether oxygens (including phenoxy) is 1. The van der Waals surface area contributed by atoms with Gasteiger partial charge in [0, 0.05) is 12.5 Å². The fourth-order valence-corrected chi connectivity index (χ4v) is 2.99. The van der Waals surface area contributed by atoms with Crippen molar-refractivity contribution in [3.8, 4) is 0 Å². The van der Waals surface area contributed by atoms with Crippen molar-refractivity contribution in [3.05, 3.63) is 22.4 Å². The average molecular weight is 267 g/mol. The quantitative estimate of drug-likeness (QED) is 0.823. The number of aryl methyl sites for hydroxylation is 1. The van der Waals surface area contributed by atoms with E-state index in [1.807, 2.05) is 0 Å². The smallest absolute Gasteiger partial charge is 0.140 e. The van der Waals surface area contributed by atoms with Crippen molar-refractivity contribution in [1.82, 2.24) is 5.32 Å². The number of rotatable bonds is 7. The molecule has 1 aromatic rings. The van der Waals surface area contributed by atoms with Crippen LogP contribution in [0.1, 0.15) is 25.3 Å². The van der Waals surface area contributed by atoms with Crippen molar-refractivity contribution in [2.45, 2.75) is 32.2 Å². The largest absolute Gasteiger partial charge is 0.379 e. The van der Waals surface area contributed by atoms with Crippen LogP contribution in [0.4, 0.5) is 0 Å². The van der Waals surface area contributed by atoms with Gasteiger partial charge in [0.2, 0.25) is 0 Å². The Balaban J connectivity index is 1.80. The van der Waals surface area contributed by atoms with E-state index < -0.39 is 0 Å². The van der Waals surface area contributed by atoms with Crippen LogP contribution in [0, 0.1) is 5.92 Å². The lowest BCUT2D eigenvalue weighted by molar-refractivity contribution is -0.123. The number of nitrogens with one attached hydrogen (secondary N) is 1. The Hall–Kier alpha value is -0.710. The SMILES string of the molecule is CCCNC1COCC1C(=O)CCc1ccsc1. The predicted octanol–water partition coefficient (Wildman–Crippen LogP) is 2.26. The van der Waals surface area contributed by atoms with Gasteiger partial charge in [-0.3, -0.25) is 4.79 Å². The number of hydrogen-bond donors (Lipinski definition) is 1. The molecule has 18 heavy (non-hydrogen) atoms. The van der Waals surface area contributed by atoms with Gasteiger partial charge in [-0.05, 0) is 41.8 Å². The van der Waals surface area contributed by atoms with E-state index in [-0.39, 0.29) is 12.0 Å². The Labute approximate surface area is 113 Å². The first kappa shape index (κ1) is 13.7. The van der Waals surface area contributed by atoms with E-state index in [4.69, 9.17) is 4.74 Å². The first-order valence-corrected chi connectivity index (χ1v) is 7.60. The van der Waals surface area contributed by atoms with Crippen LogP contribution < -0.4 is 5.32 Å². The normalized spacial score (nSPS) is 23.4. The molecule has 0 saturated carbocycles. The highest BCUT2D eigenvalue weighted by atomic mass is 32.1. The summed E-state index contributed by atoms with van der Waals surface area (Å²) in [5, 5.41) is 7.59. The highest BCUT2D eigenvalue weighted by molar-refractivity contribution is 7.07. The molecule has 1 N–H and O–H groups in total. The minimum atomic E-state index is 0.0511. The number of ketones is 1. The van der Waals surface area contributed by atoms with Gasteiger partial charge in [-0.15, -0.1) is 0 Å². The molecule has 1 aliphatic rings. The fourth-order valence-electron chi connectivity index (χ4n) is 2.29. The van der Waals surface area contributed by atoms with Gasteiger partial charge < -0.3 is 10.1 Å². The van der Waals surface area contributed by atoms with Gasteiger partial charge in [-0.1, -0.05) is 6.92 Å². The second-order valence-electron chi connectivity index (χ2n) is 4.80. The van der Waals surface area contributed by atoms with Crippen molar-refractivity contribution in [2.75, 3.05) is 19.8 Å². The molecule has 0 bridgehead atoms. The molecule has 2 atom stereocenters.